The number of hydrogen-bond acceptors (Lipinski definition) is 3. The first-order valence-corrected chi connectivity index (χ1v) is 11.1. The summed E-state index contributed by atoms with van der Waals surface area (Å²) >= 11 is 0. The Morgan fingerprint density at radius 2 is 1.61 bits per heavy atom. The summed E-state index contributed by atoms with van der Waals surface area (Å²) < 4.78 is 44.0. The summed E-state index contributed by atoms with van der Waals surface area (Å²) in [5, 5.41) is 1.34. The maximum Gasteiger partial charge on any atom is 0.387 e. The first-order chi connectivity index (χ1) is 16.0. The number of ether oxygens (including phenoxy) is 1. The van der Waals surface area contributed by atoms with Gasteiger partial charge in [0, 0.05) is 23.3 Å². The summed E-state index contributed by atoms with van der Waals surface area (Å²) in [6.07, 6.45) is 8.02. The third-order valence-electron chi connectivity index (χ3n) is 5.65. The molecule has 0 radical (unpaired) electrons. The first-order valence-electron chi connectivity index (χ1n) is 11.1. The van der Waals surface area contributed by atoms with Gasteiger partial charge in [0.25, 0.3) is 0 Å². The molecule has 6 heteroatoms. The molecule has 0 fully saturated rings. The predicted molar refractivity (Wildman–Crippen MR) is 124 cm³/mol. The molecule has 0 amide bonds. The molecular formula is C27H25F3N2O. The molecule has 0 aliphatic heterocycles. The van der Waals surface area contributed by atoms with Gasteiger partial charge in [-0.05, 0) is 66.0 Å². The minimum Gasteiger partial charge on any atom is -0.435 e. The van der Waals surface area contributed by atoms with E-state index in [-0.39, 0.29) is 11.6 Å². The lowest BCUT2D eigenvalue weighted by atomic mass is 9.99. The SMILES string of the molecule is CCCCc1cnc(-c2ccc3c(F)c(CCc4ccc(OC(F)F)cc4)ccc3c2)nc1. The molecule has 3 nitrogen and oxygen atoms in total. The van der Waals surface area contributed by atoms with E-state index in [9.17, 15) is 8.78 Å². The Kier molecular flexibility index (Phi) is 7.23. The van der Waals surface area contributed by atoms with Gasteiger partial charge in [0.05, 0.1) is 0 Å². The van der Waals surface area contributed by atoms with Gasteiger partial charge in [-0.1, -0.05) is 49.7 Å². The van der Waals surface area contributed by atoms with Crippen LogP contribution >= 0.6 is 0 Å². The minimum atomic E-state index is -2.85. The average Bonchev–Trinajstić information content (AvgIpc) is 2.83. The largest absolute Gasteiger partial charge is 0.435 e. The third kappa shape index (κ3) is 5.69. The van der Waals surface area contributed by atoms with Crippen LogP contribution in [-0.4, -0.2) is 16.6 Å². The quantitative estimate of drug-likeness (QED) is 0.271. The van der Waals surface area contributed by atoms with Gasteiger partial charge in [0.15, 0.2) is 5.82 Å². The highest BCUT2D eigenvalue weighted by molar-refractivity contribution is 5.87. The van der Waals surface area contributed by atoms with E-state index in [4.69, 9.17) is 0 Å². The zero-order chi connectivity index (χ0) is 23.2. The molecule has 0 spiro atoms. The van der Waals surface area contributed by atoms with E-state index in [1.807, 2.05) is 30.6 Å². The highest BCUT2D eigenvalue weighted by Gasteiger charge is 2.11. The van der Waals surface area contributed by atoms with Crippen molar-refractivity contribution in [3.8, 4) is 17.1 Å². The van der Waals surface area contributed by atoms with Crippen LogP contribution in [0.15, 0.2) is 67.0 Å². The summed E-state index contributed by atoms with van der Waals surface area (Å²) in [6, 6.07) is 15.7. The van der Waals surface area contributed by atoms with E-state index in [1.165, 1.54) is 12.1 Å². The minimum absolute atomic E-state index is 0.112. The third-order valence-corrected chi connectivity index (χ3v) is 5.65. The van der Waals surface area contributed by atoms with Gasteiger partial charge in [-0.25, -0.2) is 14.4 Å². The summed E-state index contributed by atoms with van der Waals surface area (Å²) in [5.74, 6) is 0.495. The summed E-state index contributed by atoms with van der Waals surface area (Å²) in [7, 11) is 0. The van der Waals surface area contributed by atoms with Crippen molar-refractivity contribution in [3.05, 3.63) is 89.5 Å². The lowest BCUT2D eigenvalue weighted by Gasteiger charge is -2.09. The number of aryl methyl sites for hydroxylation is 3. The molecule has 0 aliphatic carbocycles. The van der Waals surface area contributed by atoms with Crippen molar-refractivity contribution in [1.29, 1.82) is 0 Å². The van der Waals surface area contributed by atoms with E-state index in [2.05, 4.69) is 21.6 Å². The molecule has 0 aliphatic rings. The lowest BCUT2D eigenvalue weighted by Crippen LogP contribution is -2.02. The van der Waals surface area contributed by atoms with E-state index in [0.29, 0.717) is 29.6 Å². The molecule has 170 valence electrons. The monoisotopic (exact) mass is 450 g/mol. The highest BCUT2D eigenvalue weighted by atomic mass is 19.3. The number of halogens is 3. The number of benzene rings is 3. The van der Waals surface area contributed by atoms with Crippen LogP contribution in [-0.2, 0) is 19.3 Å². The zero-order valence-electron chi connectivity index (χ0n) is 18.4. The molecule has 4 aromatic rings. The topological polar surface area (TPSA) is 35.0 Å². The fraction of sp³-hybridized carbons (Fsp3) is 0.259. The van der Waals surface area contributed by atoms with Gasteiger partial charge in [-0.2, -0.15) is 8.78 Å². The fourth-order valence-electron chi connectivity index (χ4n) is 3.80. The van der Waals surface area contributed by atoms with Gasteiger partial charge in [-0.3, -0.25) is 0 Å². The summed E-state index contributed by atoms with van der Waals surface area (Å²) in [6.45, 7) is -0.694. The van der Waals surface area contributed by atoms with E-state index in [0.717, 1.165) is 41.3 Å². The fourth-order valence-corrected chi connectivity index (χ4v) is 3.80. The Labute approximate surface area is 191 Å². The van der Waals surface area contributed by atoms with Crippen molar-refractivity contribution in [2.24, 2.45) is 0 Å². The molecule has 3 aromatic carbocycles. The van der Waals surface area contributed by atoms with Crippen molar-refractivity contribution in [1.82, 2.24) is 9.97 Å². The van der Waals surface area contributed by atoms with Crippen LogP contribution in [0, 0.1) is 5.82 Å². The van der Waals surface area contributed by atoms with Crippen LogP contribution < -0.4 is 4.74 Å². The number of rotatable bonds is 9. The van der Waals surface area contributed by atoms with Crippen LogP contribution in [0.2, 0.25) is 0 Å². The van der Waals surface area contributed by atoms with E-state index in [1.54, 1.807) is 24.3 Å². The molecule has 1 heterocycles. The molecule has 0 bridgehead atoms. The van der Waals surface area contributed by atoms with Gasteiger partial charge in [-0.15, -0.1) is 0 Å². The number of unbranched alkanes of at least 4 members (excludes halogenated alkanes) is 1. The molecule has 4 rings (SSSR count). The molecule has 0 saturated heterocycles. The van der Waals surface area contributed by atoms with Gasteiger partial charge in [0.2, 0.25) is 0 Å². The molecule has 0 unspecified atom stereocenters. The van der Waals surface area contributed by atoms with Crippen LogP contribution in [0.4, 0.5) is 13.2 Å². The predicted octanol–water partition coefficient (Wildman–Crippen LogP) is 7.17. The maximum atomic E-state index is 15.2. The van der Waals surface area contributed by atoms with Crippen LogP contribution in [0.1, 0.15) is 36.5 Å². The molecule has 0 atom stereocenters. The zero-order valence-corrected chi connectivity index (χ0v) is 18.4. The molecular weight excluding hydrogens is 425 g/mol. The highest BCUT2D eigenvalue weighted by Crippen LogP contribution is 2.27. The lowest BCUT2D eigenvalue weighted by molar-refractivity contribution is -0.0498. The Hall–Kier alpha value is -3.41. The van der Waals surface area contributed by atoms with Gasteiger partial charge >= 0.3 is 6.61 Å². The number of hydrogen-bond donors (Lipinski definition) is 0. The van der Waals surface area contributed by atoms with Crippen molar-refractivity contribution in [2.75, 3.05) is 0 Å². The second-order valence-corrected chi connectivity index (χ2v) is 8.02. The Morgan fingerprint density at radius 1 is 0.848 bits per heavy atom. The van der Waals surface area contributed by atoms with Crippen LogP contribution in [0.3, 0.4) is 0 Å². The van der Waals surface area contributed by atoms with Crippen molar-refractivity contribution < 1.29 is 17.9 Å². The summed E-state index contributed by atoms with van der Waals surface area (Å²) in [4.78, 5) is 8.96. The van der Waals surface area contributed by atoms with E-state index < -0.39 is 6.61 Å². The average molecular weight is 451 g/mol. The Bertz CT molecular complexity index is 1210. The summed E-state index contributed by atoms with van der Waals surface area (Å²) in [5.41, 5.74) is 3.50. The molecule has 0 saturated carbocycles. The number of alkyl halides is 2. The van der Waals surface area contributed by atoms with Crippen molar-refractivity contribution in [3.63, 3.8) is 0 Å². The molecule has 0 N–H and O–H groups in total. The van der Waals surface area contributed by atoms with Crippen LogP contribution in [0.25, 0.3) is 22.2 Å². The normalized spacial score (nSPS) is 11.3. The Balaban J connectivity index is 1.47. The second kappa shape index (κ2) is 10.5. The van der Waals surface area contributed by atoms with Crippen LogP contribution in [0.5, 0.6) is 5.75 Å². The Morgan fingerprint density at radius 3 is 2.30 bits per heavy atom. The number of aromatic nitrogens is 2. The van der Waals surface area contributed by atoms with Gasteiger partial charge in [0.1, 0.15) is 11.6 Å². The van der Waals surface area contributed by atoms with Crippen molar-refractivity contribution >= 4 is 10.8 Å². The van der Waals surface area contributed by atoms with E-state index >= 15 is 4.39 Å². The standard InChI is InChI=1S/C27H25F3N2O/c1-2-3-4-19-16-31-26(32-17-19)22-11-14-24-21(15-22)10-9-20(25(24)28)8-5-18-6-12-23(13-7-18)33-27(29)30/h6-7,9-17,27H,2-5,8H2,1H3. The maximum absolute atomic E-state index is 15.2. The number of nitrogens with zero attached hydrogens (tertiary/aromatic N) is 2. The first kappa shape index (κ1) is 22.8. The molecule has 33 heavy (non-hydrogen) atoms. The van der Waals surface area contributed by atoms with Gasteiger partial charge < -0.3 is 4.74 Å². The smallest absolute Gasteiger partial charge is 0.387 e. The van der Waals surface area contributed by atoms with Crippen molar-refractivity contribution in [2.45, 2.75) is 45.6 Å². The second-order valence-electron chi connectivity index (χ2n) is 8.02. The molecule has 1 aromatic heterocycles. The number of fused-ring (bicyclic) bond motifs is 1.